The van der Waals surface area contributed by atoms with Gasteiger partial charge in [0.05, 0.1) is 14.2 Å². The molecule has 6 nitrogen and oxygen atoms in total. The van der Waals surface area contributed by atoms with E-state index in [-0.39, 0.29) is 11.6 Å². The lowest BCUT2D eigenvalue weighted by molar-refractivity contribution is -0.120. The second-order valence-electron chi connectivity index (χ2n) is 6.27. The molecule has 0 bridgehead atoms. The van der Waals surface area contributed by atoms with Crippen molar-refractivity contribution in [3.8, 4) is 11.5 Å². The zero-order chi connectivity index (χ0) is 20.7. The molecule has 2 N–H and O–H groups in total. The lowest BCUT2D eigenvalue weighted by Crippen LogP contribution is -2.29. The Hall–Kier alpha value is -3.28. The number of ether oxygens (including phenoxy) is 2. The molecule has 0 radical (unpaired) electrons. The molecular formula is C22H26N2O4. The number of amides is 2. The highest BCUT2D eigenvalue weighted by atomic mass is 16.5. The van der Waals surface area contributed by atoms with E-state index in [0.717, 1.165) is 23.2 Å². The van der Waals surface area contributed by atoms with Crippen LogP contribution < -0.4 is 20.1 Å². The number of rotatable bonds is 7. The Morgan fingerprint density at radius 1 is 1.07 bits per heavy atom. The molecule has 28 heavy (non-hydrogen) atoms. The number of anilines is 1. The summed E-state index contributed by atoms with van der Waals surface area (Å²) in [5, 5.41) is 5.54. The van der Waals surface area contributed by atoms with E-state index in [4.69, 9.17) is 9.47 Å². The van der Waals surface area contributed by atoms with Crippen molar-refractivity contribution in [1.29, 1.82) is 0 Å². The van der Waals surface area contributed by atoms with Crippen LogP contribution in [0.5, 0.6) is 11.5 Å². The highest BCUT2D eigenvalue weighted by Crippen LogP contribution is 2.28. The summed E-state index contributed by atoms with van der Waals surface area (Å²) in [5.74, 6) is 0.389. The highest BCUT2D eigenvalue weighted by Gasteiger charge is 2.15. The summed E-state index contributed by atoms with van der Waals surface area (Å²) in [4.78, 5) is 24.5. The van der Waals surface area contributed by atoms with Crippen molar-refractivity contribution in [3.63, 3.8) is 0 Å². The molecule has 0 aliphatic rings. The Morgan fingerprint density at radius 2 is 1.79 bits per heavy atom. The predicted octanol–water partition coefficient (Wildman–Crippen LogP) is 3.69. The fraction of sp³-hybridized carbons (Fsp3) is 0.273. The molecule has 0 atom stereocenters. The van der Waals surface area contributed by atoms with Crippen LogP contribution in [0.1, 0.15) is 30.5 Å². The molecule has 148 valence electrons. The van der Waals surface area contributed by atoms with E-state index in [1.54, 1.807) is 31.4 Å². The smallest absolute Gasteiger partial charge is 0.272 e. The molecule has 0 aromatic heterocycles. The molecule has 0 unspecified atom stereocenters. The molecule has 6 heteroatoms. The maximum atomic E-state index is 12.9. The maximum absolute atomic E-state index is 12.9. The van der Waals surface area contributed by atoms with Gasteiger partial charge in [-0.1, -0.05) is 31.2 Å². The van der Waals surface area contributed by atoms with E-state index < -0.39 is 5.91 Å². The van der Waals surface area contributed by atoms with Crippen LogP contribution >= 0.6 is 0 Å². The van der Waals surface area contributed by atoms with Crippen molar-refractivity contribution in [2.45, 2.75) is 27.2 Å². The minimum atomic E-state index is -0.394. The summed E-state index contributed by atoms with van der Waals surface area (Å²) in [7, 11) is 3.09. The first kappa shape index (κ1) is 21.0. The predicted molar refractivity (Wildman–Crippen MR) is 111 cm³/mol. The Balaban J connectivity index is 2.40. The molecule has 0 heterocycles. The second-order valence-corrected chi connectivity index (χ2v) is 6.27. The summed E-state index contributed by atoms with van der Waals surface area (Å²) >= 11 is 0. The molecule has 2 amide bonds. The number of hydrogen-bond acceptors (Lipinski definition) is 4. The first-order valence-corrected chi connectivity index (χ1v) is 9.00. The monoisotopic (exact) mass is 382 g/mol. The molecule has 0 spiro atoms. The van der Waals surface area contributed by atoms with E-state index in [0.29, 0.717) is 17.1 Å². The molecule has 0 saturated heterocycles. The van der Waals surface area contributed by atoms with Crippen LogP contribution in [0.4, 0.5) is 5.69 Å². The van der Waals surface area contributed by atoms with Gasteiger partial charge in [0.25, 0.3) is 5.91 Å². The van der Waals surface area contributed by atoms with E-state index in [2.05, 4.69) is 10.6 Å². The molecular weight excluding hydrogens is 356 g/mol. The van der Waals surface area contributed by atoms with Gasteiger partial charge in [0.1, 0.15) is 5.70 Å². The van der Waals surface area contributed by atoms with Gasteiger partial charge in [-0.2, -0.15) is 0 Å². The largest absolute Gasteiger partial charge is 0.493 e. The molecule has 2 aromatic rings. The lowest BCUT2D eigenvalue weighted by atomic mass is 10.1. The summed E-state index contributed by atoms with van der Waals surface area (Å²) in [5.41, 5.74) is 3.59. The molecule has 0 saturated carbocycles. The highest BCUT2D eigenvalue weighted by molar-refractivity contribution is 6.09. The average molecular weight is 382 g/mol. The topological polar surface area (TPSA) is 76.7 Å². The number of carbonyl (C=O) groups excluding carboxylic acids is 2. The summed E-state index contributed by atoms with van der Waals surface area (Å²) in [6.45, 7) is 5.32. The van der Waals surface area contributed by atoms with Crippen LogP contribution in [0.2, 0.25) is 0 Å². The molecule has 0 aliphatic carbocycles. The third-order valence-electron chi connectivity index (χ3n) is 4.25. The standard InChI is InChI=1S/C22H26N2O4/c1-6-17-9-7-8-14(2)21(17)24-22(26)18(23-15(3)25)12-16-10-11-19(27-4)20(13-16)28-5/h7-13H,6H2,1-5H3,(H,23,25)(H,24,26). The number of hydrogen-bond donors (Lipinski definition) is 2. The van der Waals surface area contributed by atoms with Crippen molar-refractivity contribution < 1.29 is 19.1 Å². The molecule has 2 rings (SSSR count). The van der Waals surface area contributed by atoms with Crippen molar-refractivity contribution in [3.05, 3.63) is 58.8 Å². The van der Waals surface area contributed by atoms with Crippen LogP contribution in [0.15, 0.2) is 42.1 Å². The number of aryl methyl sites for hydroxylation is 2. The van der Waals surface area contributed by atoms with Gasteiger partial charge in [-0.15, -0.1) is 0 Å². The second kappa shape index (κ2) is 9.60. The number of para-hydroxylation sites is 1. The van der Waals surface area contributed by atoms with Crippen molar-refractivity contribution in [2.75, 3.05) is 19.5 Å². The van der Waals surface area contributed by atoms with E-state index in [1.165, 1.54) is 14.0 Å². The average Bonchev–Trinajstić information content (AvgIpc) is 2.68. The Kier molecular flexibility index (Phi) is 7.21. The Bertz CT molecular complexity index is 903. The number of carbonyl (C=O) groups is 2. The fourth-order valence-corrected chi connectivity index (χ4v) is 2.84. The van der Waals surface area contributed by atoms with E-state index in [1.807, 2.05) is 32.0 Å². The first-order chi connectivity index (χ1) is 13.4. The fourth-order valence-electron chi connectivity index (χ4n) is 2.84. The maximum Gasteiger partial charge on any atom is 0.272 e. The molecule has 0 fully saturated rings. The van der Waals surface area contributed by atoms with Crippen LogP contribution in [0.3, 0.4) is 0 Å². The third-order valence-corrected chi connectivity index (χ3v) is 4.25. The van der Waals surface area contributed by atoms with Gasteiger partial charge in [0.15, 0.2) is 11.5 Å². The van der Waals surface area contributed by atoms with E-state index >= 15 is 0 Å². The van der Waals surface area contributed by atoms with Crippen molar-refractivity contribution >= 4 is 23.6 Å². The minimum absolute atomic E-state index is 0.144. The van der Waals surface area contributed by atoms with E-state index in [9.17, 15) is 9.59 Å². The molecule has 2 aromatic carbocycles. The van der Waals surface area contributed by atoms with Crippen LogP contribution in [0, 0.1) is 6.92 Å². The van der Waals surface area contributed by atoms with Gasteiger partial charge >= 0.3 is 0 Å². The van der Waals surface area contributed by atoms with Crippen LogP contribution in [-0.4, -0.2) is 26.0 Å². The van der Waals surface area contributed by atoms with Crippen LogP contribution in [-0.2, 0) is 16.0 Å². The number of nitrogens with one attached hydrogen (secondary N) is 2. The van der Waals surface area contributed by atoms with Crippen molar-refractivity contribution in [2.24, 2.45) is 0 Å². The third kappa shape index (κ3) is 5.13. The SMILES string of the molecule is CCc1cccc(C)c1NC(=O)C(=Cc1ccc(OC)c(OC)c1)NC(C)=O. The zero-order valence-electron chi connectivity index (χ0n) is 16.9. The summed E-state index contributed by atoms with van der Waals surface area (Å²) in [6, 6.07) is 11.1. The Labute approximate surface area is 165 Å². The first-order valence-electron chi connectivity index (χ1n) is 9.00. The summed E-state index contributed by atoms with van der Waals surface area (Å²) in [6.07, 6.45) is 2.38. The summed E-state index contributed by atoms with van der Waals surface area (Å²) < 4.78 is 10.5. The minimum Gasteiger partial charge on any atom is -0.493 e. The molecule has 0 aliphatic heterocycles. The van der Waals surface area contributed by atoms with Gasteiger partial charge in [-0.05, 0) is 48.2 Å². The quantitative estimate of drug-likeness (QED) is 0.716. The number of benzene rings is 2. The zero-order valence-corrected chi connectivity index (χ0v) is 16.9. The van der Waals surface area contributed by atoms with Gasteiger partial charge in [-0.3, -0.25) is 9.59 Å². The van der Waals surface area contributed by atoms with Gasteiger partial charge < -0.3 is 20.1 Å². The van der Waals surface area contributed by atoms with Gasteiger partial charge in [-0.25, -0.2) is 0 Å². The van der Waals surface area contributed by atoms with Crippen molar-refractivity contribution in [1.82, 2.24) is 5.32 Å². The number of methoxy groups -OCH3 is 2. The lowest BCUT2D eigenvalue weighted by Gasteiger charge is -2.15. The Morgan fingerprint density at radius 3 is 2.39 bits per heavy atom. The normalized spacial score (nSPS) is 11.0. The van der Waals surface area contributed by atoms with Crippen LogP contribution in [0.25, 0.3) is 6.08 Å². The van der Waals surface area contributed by atoms with Gasteiger partial charge in [0.2, 0.25) is 5.91 Å². The van der Waals surface area contributed by atoms with Gasteiger partial charge in [0, 0.05) is 12.6 Å².